The van der Waals surface area contributed by atoms with Crippen LogP contribution in [0.1, 0.15) is 11.1 Å². The summed E-state index contributed by atoms with van der Waals surface area (Å²) in [5.41, 5.74) is 11.2. The molecule has 29 heavy (non-hydrogen) atoms. The molecule has 0 aliphatic carbocycles. The lowest BCUT2D eigenvalue weighted by Crippen LogP contribution is -2.05. The van der Waals surface area contributed by atoms with E-state index in [1.807, 2.05) is 18.2 Å². The molecule has 5 rings (SSSR count). The molecule has 5 heteroatoms. The summed E-state index contributed by atoms with van der Waals surface area (Å²) in [5.74, 6) is 0.279. The third-order valence-electron chi connectivity index (χ3n) is 4.86. The Morgan fingerprint density at radius 3 is 2.31 bits per heavy atom. The van der Waals surface area contributed by atoms with Gasteiger partial charge in [-0.05, 0) is 35.2 Å². The summed E-state index contributed by atoms with van der Waals surface area (Å²) in [6.45, 7) is 0. The first kappa shape index (κ1) is 17.5. The van der Waals surface area contributed by atoms with Crippen LogP contribution in [0.2, 0.25) is 0 Å². The zero-order chi connectivity index (χ0) is 19.6. The van der Waals surface area contributed by atoms with E-state index in [-0.39, 0.29) is 5.95 Å². The molecule has 3 heterocycles. The van der Waals surface area contributed by atoms with E-state index in [1.165, 1.54) is 15.6 Å². The fraction of sp³-hybridized carbons (Fsp3) is 0.0417. The highest BCUT2D eigenvalue weighted by molar-refractivity contribution is 7.22. The molecular weight excluding hydrogens is 376 g/mol. The van der Waals surface area contributed by atoms with Crippen LogP contribution < -0.4 is 5.73 Å². The number of anilines is 1. The Hall–Kier alpha value is -3.57. The van der Waals surface area contributed by atoms with Crippen LogP contribution in [0, 0.1) is 0 Å². The summed E-state index contributed by atoms with van der Waals surface area (Å²) < 4.78 is 1.23. The minimum absolute atomic E-state index is 0.279. The van der Waals surface area contributed by atoms with E-state index in [2.05, 4.69) is 69.5 Å². The van der Waals surface area contributed by atoms with Gasteiger partial charge in [0.05, 0.1) is 16.3 Å². The average Bonchev–Trinajstić information content (AvgIpc) is 3.20. The summed E-state index contributed by atoms with van der Waals surface area (Å²) >= 11 is 1.73. The van der Waals surface area contributed by atoms with Crippen molar-refractivity contribution in [1.82, 2.24) is 15.0 Å². The number of nitrogens with two attached hydrogens (primary N) is 1. The smallest absolute Gasteiger partial charge is 0.221 e. The molecule has 0 atom stereocenters. The normalized spacial score (nSPS) is 11.0. The van der Waals surface area contributed by atoms with Gasteiger partial charge in [0.25, 0.3) is 0 Å². The van der Waals surface area contributed by atoms with Gasteiger partial charge in [-0.3, -0.25) is 4.98 Å². The SMILES string of the molecule is Nc1nc(-c2ccncc2)c(Cc2ccccc2)c(-c2cc3ccccc3s2)n1. The van der Waals surface area contributed by atoms with Crippen LogP contribution in [-0.4, -0.2) is 15.0 Å². The van der Waals surface area contributed by atoms with Gasteiger partial charge in [-0.25, -0.2) is 9.97 Å². The average molecular weight is 395 g/mol. The van der Waals surface area contributed by atoms with E-state index < -0.39 is 0 Å². The zero-order valence-corrected chi connectivity index (χ0v) is 16.4. The first-order valence-electron chi connectivity index (χ1n) is 9.37. The fourth-order valence-electron chi connectivity index (χ4n) is 3.52. The van der Waals surface area contributed by atoms with E-state index in [9.17, 15) is 0 Å². The van der Waals surface area contributed by atoms with Gasteiger partial charge in [0.2, 0.25) is 5.95 Å². The number of hydrogen-bond acceptors (Lipinski definition) is 5. The van der Waals surface area contributed by atoms with Gasteiger partial charge in [-0.1, -0.05) is 48.5 Å². The van der Waals surface area contributed by atoms with E-state index in [0.717, 1.165) is 33.8 Å². The molecule has 0 saturated heterocycles. The lowest BCUT2D eigenvalue weighted by atomic mass is 9.97. The second-order valence-electron chi connectivity index (χ2n) is 6.80. The number of nitrogen functional groups attached to an aromatic ring is 1. The molecule has 0 bridgehead atoms. The largest absolute Gasteiger partial charge is 0.368 e. The van der Waals surface area contributed by atoms with Crippen molar-refractivity contribution in [2.75, 3.05) is 5.73 Å². The predicted octanol–water partition coefficient (Wildman–Crippen LogP) is 5.59. The molecule has 0 unspecified atom stereocenters. The third-order valence-corrected chi connectivity index (χ3v) is 5.98. The number of hydrogen-bond donors (Lipinski definition) is 1. The Morgan fingerprint density at radius 1 is 0.793 bits per heavy atom. The van der Waals surface area contributed by atoms with Crippen molar-refractivity contribution in [3.05, 3.63) is 96.3 Å². The highest BCUT2D eigenvalue weighted by Crippen LogP contribution is 2.38. The maximum absolute atomic E-state index is 6.16. The van der Waals surface area contributed by atoms with Crippen molar-refractivity contribution in [1.29, 1.82) is 0 Å². The highest BCUT2D eigenvalue weighted by atomic mass is 32.1. The van der Waals surface area contributed by atoms with Crippen LogP contribution in [0.3, 0.4) is 0 Å². The molecule has 3 aromatic heterocycles. The van der Waals surface area contributed by atoms with E-state index >= 15 is 0 Å². The Bertz CT molecular complexity index is 1250. The zero-order valence-electron chi connectivity index (χ0n) is 15.6. The van der Waals surface area contributed by atoms with Gasteiger partial charge in [0, 0.05) is 34.6 Å². The maximum atomic E-state index is 6.16. The molecule has 2 aromatic carbocycles. The van der Waals surface area contributed by atoms with Crippen LogP contribution in [0.25, 0.3) is 31.9 Å². The minimum Gasteiger partial charge on any atom is -0.368 e. The number of pyridine rings is 1. The predicted molar refractivity (Wildman–Crippen MR) is 120 cm³/mol. The number of thiophene rings is 1. The standard InChI is InChI=1S/C24H18N4S/c25-24-27-22(17-10-12-26-13-11-17)19(14-16-6-2-1-3-7-16)23(28-24)21-15-18-8-4-5-9-20(18)29-21/h1-13,15H,14H2,(H2,25,27,28). The Kier molecular flexibility index (Phi) is 4.50. The highest BCUT2D eigenvalue weighted by Gasteiger charge is 2.19. The molecule has 0 aliphatic heterocycles. The molecule has 5 aromatic rings. The molecule has 2 N–H and O–H groups in total. The van der Waals surface area contributed by atoms with Gasteiger partial charge in [-0.15, -0.1) is 11.3 Å². The van der Waals surface area contributed by atoms with E-state index in [4.69, 9.17) is 5.73 Å². The molecular formula is C24H18N4S. The summed E-state index contributed by atoms with van der Waals surface area (Å²) in [7, 11) is 0. The fourth-order valence-corrected chi connectivity index (χ4v) is 4.60. The maximum Gasteiger partial charge on any atom is 0.221 e. The van der Waals surface area contributed by atoms with E-state index in [0.29, 0.717) is 0 Å². The lowest BCUT2D eigenvalue weighted by molar-refractivity contribution is 1.10. The number of aromatic nitrogens is 3. The lowest BCUT2D eigenvalue weighted by Gasteiger charge is -2.14. The second-order valence-corrected chi connectivity index (χ2v) is 7.89. The van der Waals surface area contributed by atoms with Crippen LogP contribution in [-0.2, 0) is 6.42 Å². The first-order valence-corrected chi connectivity index (χ1v) is 10.2. The van der Waals surface area contributed by atoms with Gasteiger partial charge in [0.1, 0.15) is 0 Å². The van der Waals surface area contributed by atoms with Crippen LogP contribution >= 0.6 is 11.3 Å². The molecule has 4 nitrogen and oxygen atoms in total. The molecule has 0 spiro atoms. The second kappa shape index (κ2) is 7.45. The van der Waals surface area contributed by atoms with Crippen molar-refractivity contribution in [2.24, 2.45) is 0 Å². The third kappa shape index (κ3) is 3.48. The molecule has 0 radical (unpaired) electrons. The van der Waals surface area contributed by atoms with Gasteiger partial charge >= 0.3 is 0 Å². The molecule has 0 aliphatic rings. The Labute approximate surface area is 172 Å². The number of rotatable bonds is 4. The van der Waals surface area contributed by atoms with Crippen molar-refractivity contribution in [3.8, 4) is 21.8 Å². The van der Waals surface area contributed by atoms with Crippen molar-refractivity contribution < 1.29 is 0 Å². The minimum atomic E-state index is 0.279. The summed E-state index contributed by atoms with van der Waals surface area (Å²) in [6, 6.07) is 24.9. The quantitative estimate of drug-likeness (QED) is 0.431. The van der Waals surface area contributed by atoms with Gasteiger partial charge < -0.3 is 5.73 Å². The Balaban J connectivity index is 1.75. The van der Waals surface area contributed by atoms with Crippen molar-refractivity contribution in [3.63, 3.8) is 0 Å². The monoisotopic (exact) mass is 394 g/mol. The summed E-state index contributed by atoms with van der Waals surface area (Å²) in [5, 5.41) is 1.21. The van der Waals surface area contributed by atoms with Crippen LogP contribution in [0.5, 0.6) is 0 Å². The topological polar surface area (TPSA) is 64.7 Å². The van der Waals surface area contributed by atoms with Crippen molar-refractivity contribution in [2.45, 2.75) is 6.42 Å². The number of nitrogens with zero attached hydrogens (tertiary/aromatic N) is 3. The van der Waals surface area contributed by atoms with E-state index in [1.54, 1.807) is 23.7 Å². The molecule has 0 amide bonds. The van der Waals surface area contributed by atoms with Gasteiger partial charge in [-0.2, -0.15) is 0 Å². The molecule has 0 saturated carbocycles. The molecule has 0 fully saturated rings. The number of fused-ring (bicyclic) bond motifs is 1. The van der Waals surface area contributed by atoms with Crippen LogP contribution in [0.15, 0.2) is 85.2 Å². The summed E-state index contributed by atoms with van der Waals surface area (Å²) in [4.78, 5) is 14.5. The first-order chi connectivity index (χ1) is 14.3. The number of benzene rings is 2. The van der Waals surface area contributed by atoms with Gasteiger partial charge in [0.15, 0.2) is 0 Å². The molecule has 140 valence electrons. The summed E-state index contributed by atoms with van der Waals surface area (Å²) in [6.07, 6.45) is 4.28. The van der Waals surface area contributed by atoms with Crippen molar-refractivity contribution >= 4 is 27.4 Å². The van der Waals surface area contributed by atoms with Crippen LogP contribution in [0.4, 0.5) is 5.95 Å². The Morgan fingerprint density at radius 2 is 1.52 bits per heavy atom.